The van der Waals surface area contributed by atoms with Gasteiger partial charge < -0.3 is 15.0 Å². The average molecular weight is 380 g/mol. The molecule has 7 nitrogen and oxygen atoms in total. The highest BCUT2D eigenvalue weighted by Gasteiger charge is 2.18. The van der Waals surface area contributed by atoms with Gasteiger partial charge in [0.05, 0.1) is 24.5 Å². The number of methoxy groups -OCH3 is 1. The Hall–Kier alpha value is -2.93. The minimum Gasteiger partial charge on any atom is -0.496 e. The number of benzene rings is 1. The van der Waals surface area contributed by atoms with E-state index in [0.717, 1.165) is 40.9 Å². The minimum absolute atomic E-state index is 0.135. The molecule has 0 fully saturated rings. The number of ether oxygens (including phenoxy) is 1. The van der Waals surface area contributed by atoms with Gasteiger partial charge in [0.1, 0.15) is 17.4 Å². The van der Waals surface area contributed by atoms with Gasteiger partial charge in [-0.3, -0.25) is 4.68 Å². The van der Waals surface area contributed by atoms with E-state index in [-0.39, 0.29) is 6.04 Å². The number of para-hydroxylation sites is 1. The number of likely N-dealkylation sites (N-methyl/N-ethyl adjacent to an activating group) is 1. The van der Waals surface area contributed by atoms with Crippen molar-refractivity contribution in [3.05, 3.63) is 54.0 Å². The van der Waals surface area contributed by atoms with Crippen molar-refractivity contribution >= 4 is 5.82 Å². The fourth-order valence-corrected chi connectivity index (χ4v) is 3.31. The first-order valence-electron chi connectivity index (χ1n) is 9.44. The zero-order valence-electron chi connectivity index (χ0n) is 17.2. The standard InChI is InChI=1S/C21H28N6O/c1-6-27-18(11-12-23-27)17-13-21(25-15(2)24-17)22-14-19(26(3)4)16-9-7-8-10-20(16)28-5/h7-13,19H,6,14H2,1-5H3,(H,22,24,25). The Morgan fingerprint density at radius 3 is 2.68 bits per heavy atom. The molecule has 1 aromatic carbocycles. The van der Waals surface area contributed by atoms with Gasteiger partial charge in [0, 0.05) is 30.9 Å². The molecule has 28 heavy (non-hydrogen) atoms. The van der Waals surface area contributed by atoms with E-state index >= 15 is 0 Å². The van der Waals surface area contributed by atoms with Gasteiger partial charge in [0.25, 0.3) is 0 Å². The van der Waals surface area contributed by atoms with Crippen LogP contribution in [0.3, 0.4) is 0 Å². The Morgan fingerprint density at radius 1 is 1.18 bits per heavy atom. The molecule has 1 unspecified atom stereocenters. The molecule has 0 bridgehead atoms. The minimum atomic E-state index is 0.135. The number of rotatable bonds is 8. The Bertz CT molecular complexity index is 921. The van der Waals surface area contributed by atoms with Gasteiger partial charge in [0.15, 0.2) is 0 Å². The molecule has 0 saturated carbocycles. The van der Waals surface area contributed by atoms with E-state index in [1.807, 2.05) is 41.9 Å². The summed E-state index contributed by atoms with van der Waals surface area (Å²) in [5.41, 5.74) is 3.00. The van der Waals surface area contributed by atoms with Crippen molar-refractivity contribution in [1.82, 2.24) is 24.6 Å². The van der Waals surface area contributed by atoms with Crippen molar-refractivity contribution in [1.29, 1.82) is 0 Å². The topological polar surface area (TPSA) is 68.1 Å². The molecule has 3 aromatic rings. The Kier molecular flexibility index (Phi) is 6.26. The van der Waals surface area contributed by atoms with Crippen LogP contribution in [0.2, 0.25) is 0 Å². The quantitative estimate of drug-likeness (QED) is 0.646. The van der Waals surface area contributed by atoms with Gasteiger partial charge >= 0.3 is 0 Å². The second kappa shape index (κ2) is 8.84. The maximum atomic E-state index is 5.55. The summed E-state index contributed by atoms with van der Waals surface area (Å²) in [6.45, 7) is 5.46. The van der Waals surface area contributed by atoms with Gasteiger partial charge in [-0.2, -0.15) is 5.10 Å². The second-order valence-electron chi connectivity index (χ2n) is 6.82. The molecule has 0 spiro atoms. The van der Waals surface area contributed by atoms with Crippen LogP contribution in [0.1, 0.15) is 24.4 Å². The molecule has 0 aliphatic rings. The summed E-state index contributed by atoms with van der Waals surface area (Å²) >= 11 is 0. The Balaban J connectivity index is 1.85. The lowest BCUT2D eigenvalue weighted by Crippen LogP contribution is -2.27. The summed E-state index contributed by atoms with van der Waals surface area (Å²) in [6, 6.07) is 12.2. The lowest BCUT2D eigenvalue weighted by atomic mass is 10.0. The number of hydrogen-bond acceptors (Lipinski definition) is 6. The maximum Gasteiger partial charge on any atom is 0.130 e. The molecule has 1 atom stereocenters. The van der Waals surface area contributed by atoms with Gasteiger partial charge in [0.2, 0.25) is 0 Å². The number of anilines is 1. The number of aromatic nitrogens is 4. The van der Waals surface area contributed by atoms with Crippen LogP contribution in [0.15, 0.2) is 42.6 Å². The van der Waals surface area contributed by atoms with Crippen LogP contribution < -0.4 is 10.1 Å². The summed E-state index contributed by atoms with van der Waals surface area (Å²) in [7, 11) is 5.83. The summed E-state index contributed by atoms with van der Waals surface area (Å²) in [5, 5.41) is 7.82. The second-order valence-corrected chi connectivity index (χ2v) is 6.82. The fraction of sp³-hybridized carbons (Fsp3) is 0.381. The van der Waals surface area contributed by atoms with E-state index in [4.69, 9.17) is 4.74 Å². The molecule has 0 amide bonds. The molecule has 148 valence electrons. The molecule has 2 heterocycles. The van der Waals surface area contributed by atoms with E-state index in [9.17, 15) is 0 Å². The molecule has 1 N–H and O–H groups in total. The Labute approximate surface area is 166 Å². The smallest absolute Gasteiger partial charge is 0.130 e. The highest BCUT2D eigenvalue weighted by Crippen LogP contribution is 2.28. The number of aryl methyl sites for hydroxylation is 2. The molecule has 0 aliphatic heterocycles. The summed E-state index contributed by atoms with van der Waals surface area (Å²) in [4.78, 5) is 11.3. The van der Waals surface area contributed by atoms with Crippen LogP contribution >= 0.6 is 0 Å². The molecule has 0 radical (unpaired) electrons. The van der Waals surface area contributed by atoms with Crippen LogP contribution in [0.5, 0.6) is 5.75 Å². The molecule has 0 aliphatic carbocycles. The largest absolute Gasteiger partial charge is 0.496 e. The highest BCUT2D eigenvalue weighted by molar-refractivity contribution is 5.59. The third kappa shape index (κ3) is 4.31. The van der Waals surface area contributed by atoms with Crippen LogP contribution in [0.25, 0.3) is 11.4 Å². The van der Waals surface area contributed by atoms with Gasteiger partial charge in [-0.15, -0.1) is 0 Å². The number of nitrogens with zero attached hydrogens (tertiary/aromatic N) is 5. The summed E-state index contributed by atoms with van der Waals surface area (Å²) in [5.74, 6) is 2.41. The third-order valence-electron chi connectivity index (χ3n) is 4.71. The van der Waals surface area contributed by atoms with Gasteiger partial charge in [-0.25, -0.2) is 9.97 Å². The molecule has 0 saturated heterocycles. The van der Waals surface area contributed by atoms with Crippen molar-refractivity contribution < 1.29 is 4.74 Å². The first-order valence-corrected chi connectivity index (χ1v) is 9.44. The maximum absolute atomic E-state index is 5.55. The van der Waals surface area contributed by atoms with E-state index in [1.54, 1.807) is 13.3 Å². The molecule has 7 heteroatoms. The van der Waals surface area contributed by atoms with Crippen molar-refractivity contribution in [2.45, 2.75) is 26.4 Å². The normalized spacial score (nSPS) is 12.2. The van der Waals surface area contributed by atoms with Crippen molar-refractivity contribution in [2.24, 2.45) is 0 Å². The van der Waals surface area contributed by atoms with Gasteiger partial charge in [-0.1, -0.05) is 18.2 Å². The zero-order valence-corrected chi connectivity index (χ0v) is 17.2. The molecular formula is C21H28N6O. The number of nitrogens with one attached hydrogen (secondary N) is 1. The molecular weight excluding hydrogens is 352 g/mol. The fourth-order valence-electron chi connectivity index (χ4n) is 3.31. The number of hydrogen-bond donors (Lipinski definition) is 1. The summed E-state index contributed by atoms with van der Waals surface area (Å²) in [6.07, 6.45) is 1.80. The monoisotopic (exact) mass is 380 g/mol. The van der Waals surface area contributed by atoms with E-state index in [2.05, 4.69) is 52.4 Å². The highest BCUT2D eigenvalue weighted by atomic mass is 16.5. The van der Waals surface area contributed by atoms with Gasteiger partial charge in [-0.05, 0) is 40.1 Å². The first-order chi connectivity index (χ1) is 13.5. The zero-order chi connectivity index (χ0) is 20.1. The average Bonchev–Trinajstić information content (AvgIpc) is 3.17. The summed E-state index contributed by atoms with van der Waals surface area (Å²) < 4.78 is 7.48. The lowest BCUT2D eigenvalue weighted by Gasteiger charge is -2.26. The molecule has 2 aromatic heterocycles. The van der Waals surface area contributed by atoms with E-state index < -0.39 is 0 Å². The third-order valence-corrected chi connectivity index (χ3v) is 4.71. The van der Waals surface area contributed by atoms with Crippen LogP contribution in [0, 0.1) is 6.92 Å². The van der Waals surface area contributed by atoms with Crippen molar-refractivity contribution in [2.75, 3.05) is 33.1 Å². The SMILES string of the molecule is CCn1nccc1-c1cc(NCC(c2ccccc2OC)N(C)C)nc(C)n1. The predicted molar refractivity (Wildman–Crippen MR) is 112 cm³/mol. The van der Waals surface area contributed by atoms with Crippen LogP contribution in [-0.4, -0.2) is 52.4 Å². The first kappa shape index (κ1) is 19.8. The van der Waals surface area contributed by atoms with Crippen LogP contribution in [0.4, 0.5) is 5.82 Å². The van der Waals surface area contributed by atoms with Crippen molar-refractivity contribution in [3.63, 3.8) is 0 Å². The predicted octanol–water partition coefficient (Wildman–Crippen LogP) is 3.39. The lowest BCUT2D eigenvalue weighted by molar-refractivity contribution is 0.300. The van der Waals surface area contributed by atoms with E-state index in [1.165, 1.54) is 0 Å². The molecule has 3 rings (SSSR count). The Morgan fingerprint density at radius 2 is 1.96 bits per heavy atom. The van der Waals surface area contributed by atoms with Crippen LogP contribution in [-0.2, 0) is 6.54 Å². The van der Waals surface area contributed by atoms with E-state index in [0.29, 0.717) is 6.54 Å². The van der Waals surface area contributed by atoms with Crippen molar-refractivity contribution in [3.8, 4) is 17.1 Å².